The maximum absolute atomic E-state index is 11.9. The number of nitrogens with one attached hydrogen (secondary N) is 3. The molecule has 0 aromatic carbocycles. The highest BCUT2D eigenvalue weighted by atomic mass is 16.2. The Morgan fingerprint density at radius 2 is 2.15 bits per heavy atom. The van der Waals surface area contributed by atoms with Gasteiger partial charge in [-0.15, -0.1) is 0 Å². The summed E-state index contributed by atoms with van der Waals surface area (Å²) in [5.41, 5.74) is 0. The summed E-state index contributed by atoms with van der Waals surface area (Å²) in [4.78, 5) is 15.9. The standard InChI is InChI=1S/C14H25N5O/c1-10(7-8-12-5-3-4-6-12)17-14(20)18-11(2)13-15-9-16-19-13/h9-12H,3-8H2,1-2H3,(H,15,16,19)(H2,17,18,20)/t10-,11+/m0/s1. The van der Waals surface area contributed by atoms with E-state index < -0.39 is 0 Å². The van der Waals surface area contributed by atoms with Gasteiger partial charge in [-0.1, -0.05) is 25.7 Å². The Kier molecular flexibility index (Phi) is 5.38. The van der Waals surface area contributed by atoms with Crippen molar-refractivity contribution in [3.05, 3.63) is 12.2 Å². The van der Waals surface area contributed by atoms with Crippen LogP contribution in [0.4, 0.5) is 4.79 Å². The Morgan fingerprint density at radius 1 is 1.40 bits per heavy atom. The number of rotatable bonds is 6. The molecule has 6 heteroatoms. The van der Waals surface area contributed by atoms with Gasteiger partial charge in [0.1, 0.15) is 12.2 Å². The van der Waals surface area contributed by atoms with Crippen molar-refractivity contribution >= 4 is 6.03 Å². The predicted molar refractivity (Wildman–Crippen MR) is 77.1 cm³/mol. The van der Waals surface area contributed by atoms with Gasteiger partial charge >= 0.3 is 6.03 Å². The van der Waals surface area contributed by atoms with Crippen molar-refractivity contribution in [1.29, 1.82) is 0 Å². The molecule has 1 fully saturated rings. The molecule has 1 aliphatic carbocycles. The van der Waals surface area contributed by atoms with Gasteiger partial charge < -0.3 is 10.6 Å². The first-order valence-electron chi connectivity index (χ1n) is 7.57. The van der Waals surface area contributed by atoms with E-state index in [1.165, 1.54) is 38.4 Å². The van der Waals surface area contributed by atoms with Gasteiger partial charge in [-0.2, -0.15) is 5.10 Å². The molecule has 20 heavy (non-hydrogen) atoms. The molecule has 2 rings (SSSR count). The van der Waals surface area contributed by atoms with Crippen molar-refractivity contribution < 1.29 is 4.79 Å². The number of carbonyl (C=O) groups is 1. The molecule has 2 atom stereocenters. The Morgan fingerprint density at radius 3 is 2.80 bits per heavy atom. The summed E-state index contributed by atoms with van der Waals surface area (Å²) in [5.74, 6) is 1.54. The van der Waals surface area contributed by atoms with Crippen molar-refractivity contribution in [3.8, 4) is 0 Å². The molecule has 1 aliphatic rings. The van der Waals surface area contributed by atoms with Crippen molar-refractivity contribution in [2.24, 2.45) is 5.92 Å². The first kappa shape index (κ1) is 14.8. The number of hydrogen-bond acceptors (Lipinski definition) is 3. The second kappa shape index (κ2) is 7.26. The maximum Gasteiger partial charge on any atom is 0.315 e. The van der Waals surface area contributed by atoms with Crippen LogP contribution < -0.4 is 10.6 Å². The summed E-state index contributed by atoms with van der Waals surface area (Å²) in [6.07, 6.45) is 9.19. The lowest BCUT2D eigenvalue weighted by molar-refractivity contribution is 0.233. The van der Waals surface area contributed by atoms with Crippen LogP contribution >= 0.6 is 0 Å². The van der Waals surface area contributed by atoms with Crippen LogP contribution in [0.5, 0.6) is 0 Å². The average molecular weight is 279 g/mol. The summed E-state index contributed by atoms with van der Waals surface area (Å²) in [7, 11) is 0. The number of H-pyrrole nitrogens is 1. The third-order valence-corrected chi connectivity index (χ3v) is 4.05. The third-order valence-electron chi connectivity index (χ3n) is 4.05. The molecule has 0 spiro atoms. The molecular weight excluding hydrogens is 254 g/mol. The Hall–Kier alpha value is -1.59. The van der Waals surface area contributed by atoms with Gasteiger partial charge in [-0.25, -0.2) is 9.78 Å². The summed E-state index contributed by atoms with van der Waals surface area (Å²) in [6.45, 7) is 3.94. The summed E-state index contributed by atoms with van der Waals surface area (Å²) in [5, 5.41) is 12.4. The minimum atomic E-state index is -0.167. The second-order valence-electron chi connectivity index (χ2n) is 5.84. The van der Waals surface area contributed by atoms with Crippen LogP contribution in [-0.2, 0) is 0 Å². The molecular formula is C14H25N5O. The fraction of sp³-hybridized carbons (Fsp3) is 0.786. The number of urea groups is 1. The number of hydrogen-bond donors (Lipinski definition) is 3. The predicted octanol–water partition coefficient (Wildman–Crippen LogP) is 2.52. The number of aromatic amines is 1. The van der Waals surface area contributed by atoms with Crippen LogP contribution in [0.2, 0.25) is 0 Å². The fourth-order valence-electron chi connectivity index (χ4n) is 2.81. The van der Waals surface area contributed by atoms with Gasteiger partial charge in [0.25, 0.3) is 0 Å². The average Bonchev–Trinajstić information content (AvgIpc) is 3.09. The molecule has 0 saturated heterocycles. The second-order valence-corrected chi connectivity index (χ2v) is 5.84. The minimum Gasteiger partial charge on any atom is -0.336 e. The number of aromatic nitrogens is 3. The summed E-state index contributed by atoms with van der Waals surface area (Å²) in [6, 6.07) is -0.107. The number of nitrogens with zero attached hydrogens (tertiary/aromatic N) is 2. The molecule has 0 aliphatic heterocycles. The SMILES string of the molecule is C[C@@H](CCC1CCCC1)NC(=O)N[C@H](C)c1ncn[nH]1. The Labute approximate surface area is 120 Å². The number of amides is 2. The molecule has 0 bridgehead atoms. The molecule has 1 aromatic rings. The fourth-order valence-corrected chi connectivity index (χ4v) is 2.81. The van der Waals surface area contributed by atoms with Gasteiger partial charge in [0, 0.05) is 6.04 Å². The molecule has 1 saturated carbocycles. The minimum absolute atomic E-state index is 0.146. The lowest BCUT2D eigenvalue weighted by atomic mass is 9.99. The lowest BCUT2D eigenvalue weighted by Crippen LogP contribution is -2.42. The third kappa shape index (κ3) is 4.51. The van der Waals surface area contributed by atoms with Crippen molar-refractivity contribution in [2.75, 3.05) is 0 Å². The van der Waals surface area contributed by atoms with Crippen LogP contribution in [0.25, 0.3) is 0 Å². The highest BCUT2D eigenvalue weighted by molar-refractivity contribution is 5.74. The maximum atomic E-state index is 11.9. The molecule has 3 N–H and O–H groups in total. The lowest BCUT2D eigenvalue weighted by Gasteiger charge is -2.18. The van der Waals surface area contributed by atoms with Gasteiger partial charge in [-0.3, -0.25) is 5.10 Å². The van der Waals surface area contributed by atoms with E-state index in [9.17, 15) is 4.79 Å². The first-order valence-corrected chi connectivity index (χ1v) is 7.57. The van der Waals surface area contributed by atoms with Crippen molar-refractivity contribution in [2.45, 2.75) is 64.5 Å². The smallest absolute Gasteiger partial charge is 0.315 e. The molecule has 6 nitrogen and oxygen atoms in total. The van der Waals surface area contributed by atoms with Crippen LogP contribution in [0.1, 0.15) is 64.2 Å². The van der Waals surface area contributed by atoms with E-state index in [2.05, 4.69) is 32.7 Å². The Bertz CT molecular complexity index is 400. The van der Waals surface area contributed by atoms with Gasteiger partial charge in [0.2, 0.25) is 0 Å². The molecule has 0 radical (unpaired) electrons. The summed E-state index contributed by atoms with van der Waals surface area (Å²) < 4.78 is 0. The zero-order valence-electron chi connectivity index (χ0n) is 12.4. The van der Waals surface area contributed by atoms with Gasteiger partial charge in [-0.05, 0) is 32.6 Å². The van der Waals surface area contributed by atoms with Crippen LogP contribution in [-0.4, -0.2) is 27.3 Å². The highest BCUT2D eigenvalue weighted by Crippen LogP contribution is 2.28. The van der Waals surface area contributed by atoms with E-state index in [0.717, 1.165) is 12.3 Å². The molecule has 1 heterocycles. The van der Waals surface area contributed by atoms with E-state index >= 15 is 0 Å². The van der Waals surface area contributed by atoms with E-state index in [0.29, 0.717) is 5.82 Å². The van der Waals surface area contributed by atoms with Crippen LogP contribution in [0.3, 0.4) is 0 Å². The molecule has 2 amide bonds. The Balaban J connectivity index is 1.65. The van der Waals surface area contributed by atoms with E-state index in [4.69, 9.17) is 0 Å². The first-order chi connectivity index (χ1) is 9.65. The van der Waals surface area contributed by atoms with Crippen molar-refractivity contribution in [3.63, 3.8) is 0 Å². The zero-order chi connectivity index (χ0) is 14.4. The highest BCUT2D eigenvalue weighted by Gasteiger charge is 2.17. The monoisotopic (exact) mass is 279 g/mol. The normalized spacial score (nSPS) is 18.7. The largest absolute Gasteiger partial charge is 0.336 e. The van der Waals surface area contributed by atoms with Gasteiger partial charge in [0.15, 0.2) is 0 Å². The van der Waals surface area contributed by atoms with E-state index in [1.807, 2.05) is 6.92 Å². The van der Waals surface area contributed by atoms with Gasteiger partial charge in [0.05, 0.1) is 6.04 Å². The number of carbonyl (C=O) groups excluding carboxylic acids is 1. The van der Waals surface area contributed by atoms with Crippen LogP contribution in [0.15, 0.2) is 6.33 Å². The summed E-state index contributed by atoms with van der Waals surface area (Å²) >= 11 is 0. The van der Waals surface area contributed by atoms with E-state index in [-0.39, 0.29) is 18.1 Å². The molecule has 0 unspecified atom stereocenters. The molecule has 112 valence electrons. The van der Waals surface area contributed by atoms with Crippen molar-refractivity contribution in [1.82, 2.24) is 25.8 Å². The zero-order valence-corrected chi connectivity index (χ0v) is 12.4. The van der Waals surface area contributed by atoms with E-state index in [1.54, 1.807) is 0 Å². The quantitative estimate of drug-likeness (QED) is 0.748. The topological polar surface area (TPSA) is 82.7 Å². The van der Waals surface area contributed by atoms with Crippen LogP contribution in [0, 0.1) is 5.92 Å². The molecule has 1 aromatic heterocycles.